The summed E-state index contributed by atoms with van der Waals surface area (Å²) in [6.45, 7) is 7.64. The third-order valence-electron chi connectivity index (χ3n) is 4.69. The van der Waals surface area contributed by atoms with E-state index in [1.165, 1.54) is 0 Å². The van der Waals surface area contributed by atoms with Crippen molar-refractivity contribution in [1.29, 1.82) is 0 Å². The smallest absolute Gasteiger partial charge is 0.325 e. The second-order valence-electron chi connectivity index (χ2n) is 6.75. The average Bonchev–Trinajstić information content (AvgIpc) is 2.76. The van der Waals surface area contributed by atoms with Gasteiger partial charge in [0.05, 0.1) is 0 Å². The van der Waals surface area contributed by atoms with Crippen LogP contribution in [-0.4, -0.2) is 34.8 Å². The first kappa shape index (κ1) is 19.0. The van der Waals surface area contributed by atoms with Crippen molar-refractivity contribution in [3.05, 3.63) is 29.3 Å². The molecule has 1 aliphatic heterocycles. The van der Waals surface area contributed by atoms with Crippen molar-refractivity contribution in [3.8, 4) is 0 Å². The number of hydrogen-bond donors (Lipinski definition) is 2. The van der Waals surface area contributed by atoms with Crippen LogP contribution in [0.2, 0.25) is 0 Å². The zero-order chi connectivity index (χ0) is 18.6. The number of nitrogens with zero attached hydrogens (tertiary/aromatic N) is 1. The number of amides is 4. The number of imide groups is 1. The SMILES string of the molecule is CCCC1(CCC)NC(=O)N(CC(=O)Nc2ccc(C)c(C)c2)C1=O. The number of carbonyl (C=O) groups excluding carboxylic acids is 3. The van der Waals surface area contributed by atoms with Crippen LogP contribution in [0.3, 0.4) is 0 Å². The van der Waals surface area contributed by atoms with E-state index < -0.39 is 11.6 Å². The van der Waals surface area contributed by atoms with E-state index in [0.717, 1.165) is 28.9 Å². The van der Waals surface area contributed by atoms with Crippen molar-refractivity contribution < 1.29 is 14.4 Å². The number of urea groups is 1. The highest BCUT2D eigenvalue weighted by atomic mass is 16.2. The number of aryl methyl sites for hydroxylation is 2. The first-order valence-corrected chi connectivity index (χ1v) is 8.84. The van der Waals surface area contributed by atoms with Crippen LogP contribution in [0.1, 0.15) is 50.7 Å². The summed E-state index contributed by atoms with van der Waals surface area (Å²) in [5.41, 5.74) is 2.00. The molecule has 6 nitrogen and oxygen atoms in total. The van der Waals surface area contributed by atoms with E-state index in [-0.39, 0.29) is 18.4 Å². The van der Waals surface area contributed by atoms with Crippen molar-refractivity contribution >= 4 is 23.5 Å². The zero-order valence-electron chi connectivity index (χ0n) is 15.4. The zero-order valence-corrected chi connectivity index (χ0v) is 15.4. The summed E-state index contributed by atoms with van der Waals surface area (Å²) < 4.78 is 0. The Balaban J connectivity index is 2.08. The van der Waals surface area contributed by atoms with Gasteiger partial charge in [0, 0.05) is 5.69 Å². The lowest BCUT2D eigenvalue weighted by Crippen LogP contribution is -2.47. The van der Waals surface area contributed by atoms with Gasteiger partial charge in [0.25, 0.3) is 5.91 Å². The molecule has 4 amide bonds. The second-order valence-corrected chi connectivity index (χ2v) is 6.75. The predicted octanol–water partition coefficient (Wildman–Crippen LogP) is 3.13. The maximum atomic E-state index is 12.8. The molecule has 1 heterocycles. The molecule has 0 unspecified atom stereocenters. The molecular formula is C19H27N3O3. The average molecular weight is 345 g/mol. The molecule has 6 heteroatoms. The summed E-state index contributed by atoms with van der Waals surface area (Å²) >= 11 is 0. The number of hydrogen-bond acceptors (Lipinski definition) is 3. The van der Waals surface area contributed by atoms with Gasteiger partial charge in [-0.25, -0.2) is 4.79 Å². The van der Waals surface area contributed by atoms with Gasteiger partial charge in [-0.05, 0) is 49.9 Å². The minimum Gasteiger partial charge on any atom is -0.325 e. The fraction of sp³-hybridized carbons (Fsp3) is 0.526. The lowest BCUT2D eigenvalue weighted by Gasteiger charge is -2.25. The van der Waals surface area contributed by atoms with Gasteiger partial charge >= 0.3 is 6.03 Å². The van der Waals surface area contributed by atoms with Crippen molar-refractivity contribution in [2.24, 2.45) is 0 Å². The van der Waals surface area contributed by atoms with Gasteiger partial charge in [-0.1, -0.05) is 32.8 Å². The maximum absolute atomic E-state index is 12.8. The number of benzene rings is 1. The van der Waals surface area contributed by atoms with Crippen LogP contribution in [0, 0.1) is 13.8 Å². The summed E-state index contributed by atoms with van der Waals surface area (Å²) in [5, 5.41) is 5.57. The Bertz CT molecular complexity index is 678. The second kappa shape index (κ2) is 7.68. The first-order chi connectivity index (χ1) is 11.8. The third kappa shape index (κ3) is 4.00. The van der Waals surface area contributed by atoms with Crippen LogP contribution < -0.4 is 10.6 Å². The van der Waals surface area contributed by atoms with E-state index >= 15 is 0 Å². The quantitative estimate of drug-likeness (QED) is 0.745. The van der Waals surface area contributed by atoms with Crippen LogP contribution >= 0.6 is 0 Å². The minimum absolute atomic E-state index is 0.271. The highest BCUT2D eigenvalue weighted by molar-refractivity contribution is 6.10. The molecule has 0 aliphatic carbocycles. The van der Waals surface area contributed by atoms with Gasteiger partial charge in [0.15, 0.2) is 0 Å². The Kier molecular flexibility index (Phi) is 5.82. The van der Waals surface area contributed by atoms with E-state index in [1.54, 1.807) is 0 Å². The topological polar surface area (TPSA) is 78.5 Å². The summed E-state index contributed by atoms with van der Waals surface area (Å²) in [5.74, 6) is -0.674. The monoisotopic (exact) mass is 345 g/mol. The normalized spacial score (nSPS) is 16.1. The van der Waals surface area contributed by atoms with Gasteiger partial charge in [-0.3, -0.25) is 14.5 Å². The fourth-order valence-electron chi connectivity index (χ4n) is 3.30. The van der Waals surface area contributed by atoms with Crippen molar-refractivity contribution in [2.45, 2.75) is 58.9 Å². The summed E-state index contributed by atoms with van der Waals surface area (Å²) in [6.07, 6.45) is 2.74. The number of rotatable bonds is 7. The number of carbonyl (C=O) groups is 3. The fourth-order valence-corrected chi connectivity index (χ4v) is 3.30. The minimum atomic E-state index is -0.860. The standard InChI is InChI=1S/C19H27N3O3/c1-5-9-19(10-6-2)17(24)22(18(25)21-19)12-16(23)20-15-8-7-13(3)14(4)11-15/h7-8,11H,5-6,9-10,12H2,1-4H3,(H,20,23)(H,21,25). The molecule has 1 aromatic rings. The number of anilines is 1. The predicted molar refractivity (Wildman–Crippen MR) is 97.3 cm³/mol. The maximum Gasteiger partial charge on any atom is 0.325 e. The lowest BCUT2D eigenvalue weighted by atomic mass is 9.88. The van der Waals surface area contributed by atoms with Crippen molar-refractivity contribution in [3.63, 3.8) is 0 Å². The molecule has 1 aliphatic rings. The molecule has 1 saturated heterocycles. The molecule has 0 saturated carbocycles. The molecule has 2 N–H and O–H groups in total. The Morgan fingerprint density at radius 3 is 2.32 bits per heavy atom. The summed E-state index contributed by atoms with van der Waals surface area (Å²) in [7, 11) is 0. The van der Waals surface area contributed by atoms with Crippen LogP contribution in [0.15, 0.2) is 18.2 Å². The largest absolute Gasteiger partial charge is 0.325 e. The van der Waals surface area contributed by atoms with E-state index in [2.05, 4.69) is 10.6 Å². The molecule has 0 bridgehead atoms. The molecule has 0 aromatic heterocycles. The van der Waals surface area contributed by atoms with Gasteiger partial charge in [-0.15, -0.1) is 0 Å². The van der Waals surface area contributed by atoms with E-state index in [0.29, 0.717) is 18.5 Å². The van der Waals surface area contributed by atoms with E-state index in [4.69, 9.17) is 0 Å². The Labute approximate surface area is 149 Å². The molecule has 25 heavy (non-hydrogen) atoms. The van der Waals surface area contributed by atoms with Crippen LogP contribution in [-0.2, 0) is 9.59 Å². The van der Waals surface area contributed by atoms with Crippen LogP contribution in [0.5, 0.6) is 0 Å². The third-order valence-corrected chi connectivity index (χ3v) is 4.69. The van der Waals surface area contributed by atoms with Gasteiger partial charge < -0.3 is 10.6 Å². The van der Waals surface area contributed by atoms with Crippen LogP contribution in [0.4, 0.5) is 10.5 Å². The molecule has 0 radical (unpaired) electrons. The molecular weight excluding hydrogens is 318 g/mol. The summed E-state index contributed by atoms with van der Waals surface area (Å²) in [6, 6.07) is 5.12. The van der Waals surface area contributed by atoms with E-state index in [9.17, 15) is 14.4 Å². The molecule has 136 valence electrons. The molecule has 2 rings (SSSR count). The Morgan fingerprint density at radius 1 is 1.12 bits per heavy atom. The van der Waals surface area contributed by atoms with Gasteiger partial charge in [0.1, 0.15) is 12.1 Å². The lowest BCUT2D eigenvalue weighted by molar-refractivity contribution is -0.134. The van der Waals surface area contributed by atoms with Crippen molar-refractivity contribution in [1.82, 2.24) is 10.2 Å². The summed E-state index contributed by atoms with van der Waals surface area (Å²) in [4.78, 5) is 38.3. The van der Waals surface area contributed by atoms with Gasteiger partial charge in [-0.2, -0.15) is 0 Å². The molecule has 0 spiro atoms. The van der Waals surface area contributed by atoms with E-state index in [1.807, 2.05) is 45.9 Å². The highest BCUT2D eigenvalue weighted by Gasteiger charge is 2.50. The molecule has 1 fully saturated rings. The van der Waals surface area contributed by atoms with Crippen molar-refractivity contribution in [2.75, 3.05) is 11.9 Å². The highest BCUT2D eigenvalue weighted by Crippen LogP contribution is 2.28. The Hall–Kier alpha value is -2.37. The first-order valence-electron chi connectivity index (χ1n) is 8.84. The molecule has 0 atom stereocenters. The molecule has 1 aromatic carbocycles. The van der Waals surface area contributed by atoms with Crippen LogP contribution in [0.25, 0.3) is 0 Å². The van der Waals surface area contributed by atoms with Gasteiger partial charge in [0.2, 0.25) is 5.91 Å². The number of nitrogens with one attached hydrogen (secondary N) is 2. The Morgan fingerprint density at radius 2 is 1.76 bits per heavy atom.